The minimum atomic E-state index is 0.961. The van der Waals surface area contributed by atoms with Crippen LogP contribution < -0.4 is 5.32 Å². The molecule has 3 heteroatoms. The van der Waals surface area contributed by atoms with Crippen molar-refractivity contribution in [3.63, 3.8) is 0 Å². The lowest BCUT2D eigenvalue weighted by Gasteiger charge is -2.06. The van der Waals surface area contributed by atoms with E-state index in [1.807, 2.05) is 18.0 Å². The molecule has 0 aliphatic rings. The van der Waals surface area contributed by atoms with Gasteiger partial charge in [-0.15, -0.1) is 0 Å². The summed E-state index contributed by atoms with van der Waals surface area (Å²) in [5.74, 6) is 1.31. The van der Waals surface area contributed by atoms with Gasteiger partial charge in [0.05, 0.1) is 0 Å². The van der Waals surface area contributed by atoms with Gasteiger partial charge in [0, 0.05) is 18.3 Å². The first kappa shape index (κ1) is 14.5. The Morgan fingerprint density at radius 2 is 2.00 bits per heavy atom. The Morgan fingerprint density at radius 3 is 2.89 bits per heavy atom. The lowest BCUT2D eigenvalue weighted by atomic mass is 10.1. The molecule has 1 heterocycles. The van der Waals surface area contributed by atoms with E-state index >= 15 is 0 Å². The van der Waals surface area contributed by atoms with Crippen LogP contribution in [0.2, 0.25) is 0 Å². The molecule has 104 valence electrons. The number of nitrogens with one attached hydrogen (secondary N) is 2. The van der Waals surface area contributed by atoms with Crippen molar-refractivity contribution >= 4 is 22.7 Å². The molecule has 0 atom stereocenters. The lowest BCUT2D eigenvalue weighted by Crippen LogP contribution is -2.14. The molecular formula is C16H24N2S. The van der Waals surface area contributed by atoms with E-state index in [1.54, 1.807) is 0 Å². The molecule has 0 aliphatic heterocycles. The Bertz CT molecular complexity index is 478. The molecule has 0 saturated heterocycles. The van der Waals surface area contributed by atoms with Crippen LogP contribution in [0.15, 0.2) is 30.5 Å². The number of H-pyrrole nitrogens is 1. The molecule has 2 nitrogen and oxygen atoms in total. The Labute approximate surface area is 120 Å². The molecule has 1 aromatic carbocycles. The average Bonchev–Trinajstić information content (AvgIpc) is 2.91. The van der Waals surface area contributed by atoms with E-state index in [1.165, 1.54) is 47.9 Å². The quantitative estimate of drug-likeness (QED) is 0.672. The largest absolute Gasteiger partial charge is 0.361 e. The van der Waals surface area contributed by atoms with Gasteiger partial charge in [0.2, 0.25) is 0 Å². The number of fused-ring (bicyclic) bond motifs is 1. The number of benzene rings is 1. The van der Waals surface area contributed by atoms with Crippen molar-refractivity contribution in [2.45, 2.75) is 32.2 Å². The summed E-state index contributed by atoms with van der Waals surface area (Å²) in [7, 11) is 0. The number of aromatic amines is 1. The van der Waals surface area contributed by atoms with Crippen LogP contribution in [0.5, 0.6) is 0 Å². The van der Waals surface area contributed by atoms with E-state index in [0.717, 1.165) is 13.1 Å². The summed E-state index contributed by atoms with van der Waals surface area (Å²) in [5, 5.41) is 4.85. The third-order valence-corrected chi connectivity index (χ3v) is 4.14. The summed E-state index contributed by atoms with van der Waals surface area (Å²) in [6.45, 7) is 2.08. The summed E-state index contributed by atoms with van der Waals surface area (Å²) >= 11 is 1.95. The predicted molar refractivity (Wildman–Crippen MR) is 86.9 cm³/mol. The Hall–Kier alpha value is -0.930. The highest BCUT2D eigenvalue weighted by atomic mass is 32.2. The van der Waals surface area contributed by atoms with Crippen molar-refractivity contribution in [1.82, 2.24) is 10.3 Å². The first-order valence-electron chi connectivity index (χ1n) is 7.16. The minimum absolute atomic E-state index is 0.961. The van der Waals surface area contributed by atoms with Crippen molar-refractivity contribution in [2.24, 2.45) is 0 Å². The number of hydrogen-bond donors (Lipinski definition) is 2. The fraction of sp³-hybridized carbons (Fsp3) is 0.500. The van der Waals surface area contributed by atoms with Crippen LogP contribution >= 0.6 is 11.8 Å². The molecule has 0 radical (unpaired) electrons. The van der Waals surface area contributed by atoms with Gasteiger partial charge in [0.15, 0.2) is 0 Å². The SMILES string of the molecule is CSCCCCCCNCc1cccc2cc[nH]c12. The standard InChI is InChI=1S/C16H24N2S/c1-19-12-5-3-2-4-10-17-13-15-8-6-7-14-9-11-18-16(14)15/h6-9,11,17-18H,2-5,10,12-13H2,1H3. The molecule has 2 aromatic rings. The average molecular weight is 276 g/mol. The van der Waals surface area contributed by atoms with Gasteiger partial charge in [0.1, 0.15) is 0 Å². The van der Waals surface area contributed by atoms with Crippen molar-refractivity contribution in [3.05, 3.63) is 36.0 Å². The van der Waals surface area contributed by atoms with Crippen LogP contribution in [0.25, 0.3) is 10.9 Å². The highest BCUT2D eigenvalue weighted by molar-refractivity contribution is 7.98. The number of aromatic nitrogens is 1. The number of hydrogen-bond acceptors (Lipinski definition) is 2. The van der Waals surface area contributed by atoms with E-state index in [2.05, 4.69) is 40.8 Å². The number of unbranched alkanes of at least 4 members (excludes halogenated alkanes) is 3. The Balaban J connectivity index is 1.64. The van der Waals surface area contributed by atoms with Gasteiger partial charge >= 0.3 is 0 Å². The van der Waals surface area contributed by atoms with Gasteiger partial charge in [-0.3, -0.25) is 0 Å². The van der Waals surface area contributed by atoms with Gasteiger partial charge < -0.3 is 10.3 Å². The molecule has 19 heavy (non-hydrogen) atoms. The summed E-state index contributed by atoms with van der Waals surface area (Å²) < 4.78 is 0. The smallest absolute Gasteiger partial charge is 0.0499 e. The Morgan fingerprint density at radius 1 is 1.11 bits per heavy atom. The van der Waals surface area contributed by atoms with Crippen LogP contribution in [0, 0.1) is 0 Å². The molecule has 0 aliphatic carbocycles. The maximum atomic E-state index is 3.55. The molecule has 0 saturated carbocycles. The van der Waals surface area contributed by atoms with Crippen LogP contribution in [0.4, 0.5) is 0 Å². The van der Waals surface area contributed by atoms with Gasteiger partial charge in [0.25, 0.3) is 0 Å². The van der Waals surface area contributed by atoms with Crippen molar-refractivity contribution in [1.29, 1.82) is 0 Å². The second kappa shape index (κ2) is 8.28. The van der Waals surface area contributed by atoms with E-state index in [9.17, 15) is 0 Å². The van der Waals surface area contributed by atoms with Crippen molar-refractivity contribution < 1.29 is 0 Å². The molecular weight excluding hydrogens is 252 g/mol. The fourth-order valence-corrected chi connectivity index (χ4v) is 2.86. The number of para-hydroxylation sites is 1. The maximum Gasteiger partial charge on any atom is 0.0499 e. The zero-order chi connectivity index (χ0) is 13.3. The molecule has 0 bridgehead atoms. The van der Waals surface area contributed by atoms with Crippen molar-refractivity contribution in [3.8, 4) is 0 Å². The van der Waals surface area contributed by atoms with Crippen LogP contribution in [0.1, 0.15) is 31.2 Å². The van der Waals surface area contributed by atoms with Gasteiger partial charge in [-0.2, -0.15) is 11.8 Å². The molecule has 2 rings (SSSR count). The molecule has 0 amide bonds. The second-order valence-electron chi connectivity index (χ2n) is 4.94. The van der Waals surface area contributed by atoms with Crippen LogP contribution in [0.3, 0.4) is 0 Å². The third-order valence-electron chi connectivity index (χ3n) is 3.44. The molecule has 0 unspecified atom stereocenters. The minimum Gasteiger partial charge on any atom is -0.361 e. The lowest BCUT2D eigenvalue weighted by molar-refractivity contribution is 0.600. The monoisotopic (exact) mass is 276 g/mol. The zero-order valence-electron chi connectivity index (χ0n) is 11.7. The molecule has 1 aromatic heterocycles. The highest BCUT2D eigenvalue weighted by Gasteiger charge is 2.00. The molecule has 0 spiro atoms. The summed E-state index contributed by atoms with van der Waals surface area (Å²) in [4.78, 5) is 3.32. The van der Waals surface area contributed by atoms with Gasteiger partial charge in [-0.25, -0.2) is 0 Å². The van der Waals surface area contributed by atoms with Crippen LogP contribution in [-0.2, 0) is 6.54 Å². The van der Waals surface area contributed by atoms with E-state index in [4.69, 9.17) is 0 Å². The van der Waals surface area contributed by atoms with E-state index in [0.29, 0.717) is 0 Å². The van der Waals surface area contributed by atoms with Crippen LogP contribution in [-0.4, -0.2) is 23.5 Å². The first-order chi connectivity index (χ1) is 9.42. The topological polar surface area (TPSA) is 27.8 Å². The summed E-state index contributed by atoms with van der Waals surface area (Å²) in [5.41, 5.74) is 2.64. The fourth-order valence-electron chi connectivity index (χ4n) is 2.37. The van der Waals surface area contributed by atoms with Crippen molar-refractivity contribution in [2.75, 3.05) is 18.6 Å². The van der Waals surface area contributed by atoms with E-state index < -0.39 is 0 Å². The van der Waals surface area contributed by atoms with Gasteiger partial charge in [-0.05, 0) is 48.4 Å². The summed E-state index contributed by atoms with van der Waals surface area (Å²) in [6.07, 6.45) is 9.57. The zero-order valence-corrected chi connectivity index (χ0v) is 12.6. The van der Waals surface area contributed by atoms with Gasteiger partial charge in [-0.1, -0.05) is 31.0 Å². The number of thioether (sulfide) groups is 1. The third kappa shape index (κ3) is 4.59. The molecule has 0 fully saturated rings. The first-order valence-corrected chi connectivity index (χ1v) is 8.56. The predicted octanol–water partition coefficient (Wildman–Crippen LogP) is 4.18. The normalized spacial score (nSPS) is 11.2. The van der Waals surface area contributed by atoms with E-state index in [-0.39, 0.29) is 0 Å². The second-order valence-corrected chi connectivity index (χ2v) is 5.93. The summed E-state index contributed by atoms with van der Waals surface area (Å²) in [6, 6.07) is 8.62. The highest BCUT2D eigenvalue weighted by Crippen LogP contribution is 2.16. The maximum absolute atomic E-state index is 3.55. The Kier molecular flexibility index (Phi) is 6.31. The molecule has 2 N–H and O–H groups in total. The number of rotatable bonds is 9.